The summed E-state index contributed by atoms with van der Waals surface area (Å²) in [5.41, 5.74) is 1.47. The molecule has 0 amide bonds. The van der Waals surface area contributed by atoms with Crippen molar-refractivity contribution in [3.8, 4) is 16.3 Å². The van der Waals surface area contributed by atoms with Crippen molar-refractivity contribution in [2.45, 2.75) is 19.8 Å². The number of hydrogen-bond acceptors (Lipinski definition) is 5. The predicted molar refractivity (Wildman–Crippen MR) is 78.2 cm³/mol. The summed E-state index contributed by atoms with van der Waals surface area (Å²) < 4.78 is 5.11. The lowest BCUT2D eigenvalue weighted by Crippen LogP contribution is -2.17. The van der Waals surface area contributed by atoms with E-state index in [1.165, 1.54) is 25.2 Å². The van der Waals surface area contributed by atoms with Gasteiger partial charge in [0.2, 0.25) is 0 Å². The monoisotopic (exact) mass is 289 g/mol. The molecule has 0 saturated carbocycles. The molecule has 0 fully saturated rings. The molecule has 0 bridgehead atoms. The first-order valence-corrected chi connectivity index (χ1v) is 7.01. The van der Waals surface area contributed by atoms with E-state index in [4.69, 9.17) is 4.74 Å². The minimum atomic E-state index is -0.752. The predicted octanol–water partition coefficient (Wildman–Crippen LogP) is 3.08. The Morgan fingerprint density at radius 1 is 1.15 bits per heavy atom. The molecule has 20 heavy (non-hydrogen) atoms. The van der Waals surface area contributed by atoms with Crippen LogP contribution < -0.4 is 4.74 Å². The lowest BCUT2D eigenvalue weighted by Gasteiger charge is -2.06. The van der Waals surface area contributed by atoms with Crippen molar-refractivity contribution < 1.29 is 14.3 Å². The molecular weight excluding hydrogens is 274 g/mol. The number of ether oxygens (including phenoxy) is 1. The number of carbonyl (C=O) groups excluding carboxylic acids is 2. The van der Waals surface area contributed by atoms with Crippen molar-refractivity contribution in [2.75, 3.05) is 7.11 Å². The molecule has 0 N–H and O–H groups in total. The van der Waals surface area contributed by atoms with Crippen LogP contribution in [0.15, 0.2) is 29.6 Å². The highest BCUT2D eigenvalue weighted by atomic mass is 32.1. The van der Waals surface area contributed by atoms with Gasteiger partial charge in [0.05, 0.1) is 12.8 Å². The second-order valence-corrected chi connectivity index (χ2v) is 5.32. The van der Waals surface area contributed by atoms with Crippen molar-refractivity contribution in [3.63, 3.8) is 0 Å². The number of thiazole rings is 1. The molecule has 1 aromatic heterocycles. The number of rotatable bonds is 5. The van der Waals surface area contributed by atoms with Crippen LogP contribution in [0.4, 0.5) is 0 Å². The van der Waals surface area contributed by atoms with Crippen LogP contribution in [-0.4, -0.2) is 23.7 Å². The maximum Gasteiger partial charge on any atom is 0.146 e. The maximum atomic E-state index is 11.5. The van der Waals surface area contributed by atoms with Gasteiger partial charge < -0.3 is 4.74 Å². The molecule has 0 saturated heterocycles. The molecule has 0 radical (unpaired) electrons. The fourth-order valence-electron chi connectivity index (χ4n) is 1.99. The van der Waals surface area contributed by atoms with E-state index in [0.717, 1.165) is 16.3 Å². The highest BCUT2D eigenvalue weighted by Gasteiger charge is 2.24. The molecule has 5 heteroatoms. The number of benzene rings is 1. The van der Waals surface area contributed by atoms with Gasteiger partial charge in [-0.3, -0.25) is 9.59 Å². The largest absolute Gasteiger partial charge is 0.497 e. The molecule has 2 aromatic rings. The Morgan fingerprint density at radius 3 is 2.25 bits per heavy atom. The second kappa shape index (κ2) is 5.96. The standard InChI is InChI=1S/C15H15NO3S/c1-9(17)14(10(2)18)13-8-20-15(16-13)11-4-6-12(19-3)7-5-11/h4-8,14H,1-3H3. The summed E-state index contributed by atoms with van der Waals surface area (Å²) >= 11 is 1.42. The molecule has 0 aliphatic rings. The Morgan fingerprint density at radius 2 is 1.75 bits per heavy atom. The average molecular weight is 289 g/mol. The third kappa shape index (κ3) is 2.93. The average Bonchev–Trinajstić information content (AvgIpc) is 2.87. The number of Topliss-reactive ketones (excluding diaryl/α,β-unsaturated/α-hetero) is 2. The highest BCUT2D eigenvalue weighted by Crippen LogP contribution is 2.29. The van der Waals surface area contributed by atoms with Crippen molar-refractivity contribution in [3.05, 3.63) is 35.3 Å². The van der Waals surface area contributed by atoms with Crippen LogP contribution >= 0.6 is 11.3 Å². The minimum absolute atomic E-state index is 0.177. The summed E-state index contributed by atoms with van der Waals surface area (Å²) in [6, 6.07) is 7.50. The minimum Gasteiger partial charge on any atom is -0.497 e. The van der Waals surface area contributed by atoms with E-state index >= 15 is 0 Å². The van der Waals surface area contributed by atoms with E-state index in [0.29, 0.717) is 5.69 Å². The highest BCUT2D eigenvalue weighted by molar-refractivity contribution is 7.13. The smallest absolute Gasteiger partial charge is 0.146 e. The van der Waals surface area contributed by atoms with Gasteiger partial charge in [-0.25, -0.2) is 4.98 Å². The first-order chi connectivity index (χ1) is 9.52. The molecule has 2 rings (SSSR count). The van der Waals surface area contributed by atoms with Crippen molar-refractivity contribution >= 4 is 22.9 Å². The molecule has 4 nitrogen and oxygen atoms in total. The van der Waals surface area contributed by atoms with Crippen LogP contribution in [0, 0.1) is 0 Å². The molecule has 0 aliphatic heterocycles. The first kappa shape index (κ1) is 14.4. The molecule has 1 aromatic carbocycles. The van der Waals surface area contributed by atoms with Gasteiger partial charge in [-0.1, -0.05) is 0 Å². The number of aromatic nitrogens is 1. The summed E-state index contributed by atoms with van der Waals surface area (Å²) in [5, 5.41) is 2.56. The number of carbonyl (C=O) groups is 2. The normalized spacial score (nSPS) is 10.6. The van der Waals surface area contributed by atoms with Crippen molar-refractivity contribution in [2.24, 2.45) is 0 Å². The second-order valence-electron chi connectivity index (χ2n) is 4.46. The van der Waals surface area contributed by atoms with Crippen LogP contribution in [0.25, 0.3) is 10.6 Å². The fourth-order valence-corrected chi connectivity index (χ4v) is 2.84. The van der Waals surface area contributed by atoms with Crippen LogP contribution in [0.5, 0.6) is 5.75 Å². The van der Waals surface area contributed by atoms with E-state index in [9.17, 15) is 9.59 Å². The Hall–Kier alpha value is -2.01. The van der Waals surface area contributed by atoms with Gasteiger partial charge in [0.1, 0.15) is 28.2 Å². The number of nitrogens with zero attached hydrogens (tertiary/aromatic N) is 1. The lowest BCUT2D eigenvalue weighted by molar-refractivity contribution is -0.126. The number of methoxy groups -OCH3 is 1. The van der Waals surface area contributed by atoms with E-state index in [2.05, 4.69) is 4.98 Å². The third-order valence-electron chi connectivity index (χ3n) is 2.97. The Kier molecular flexibility index (Phi) is 4.29. The van der Waals surface area contributed by atoms with Crippen molar-refractivity contribution in [1.29, 1.82) is 0 Å². The van der Waals surface area contributed by atoms with E-state index < -0.39 is 5.92 Å². The van der Waals surface area contributed by atoms with Crippen LogP contribution in [-0.2, 0) is 9.59 Å². The summed E-state index contributed by atoms with van der Waals surface area (Å²) in [6.07, 6.45) is 0. The Balaban J connectivity index is 2.31. The molecule has 0 spiro atoms. The lowest BCUT2D eigenvalue weighted by atomic mass is 9.98. The molecule has 104 valence electrons. The van der Waals surface area contributed by atoms with Gasteiger partial charge in [-0.2, -0.15) is 0 Å². The summed E-state index contributed by atoms with van der Waals surface area (Å²) in [6.45, 7) is 2.83. The number of hydrogen-bond donors (Lipinski definition) is 0. The molecule has 0 atom stereocenters. The zero-order chi connectivity index (χ0) is 14.7. The first-order valence-electron chi connectivity index (χ1n) is 6.13. The van der Waals surface area contributed by atoms with Gasteiger partial charge in [0, 0.05) is 10.9 Å². The van der Waals surface area contributed by atoms with Gasteiger partial charge in [0.15, 0.2) is 0 Å². The van der Waals surface area contributed by atoms with E-state index in [1.54, 1.807) is 12.5 Å². The zero-order valence-electron chi connectivity index (χ0n) is 11.5. The number of ketones is 2. The van der Waals surface area contributed by atoms with Gasteiger partial charge >= 0.3 is 0 Å². The summed E-state index contributed by atoms with van der Waals surface area (Å²) in [7, 11) is 1.61. The maximum absolute atomic E-state index is 11.5. The van der Waals surface area contributed by atoms with Crippen molar-refractivity contribution in [1.82, 2.24) is 4.98 Å². The quantitative estimate of drug-likeness (QED) is 0.794. The molecule has 0 aliphatic carbocycles. The SMILES string of the molecule is COc1ccc(-c2nc(C(C(C)=O)C(C)=O)cs2)cc1. The van der Waals surface area contributed by atoms with Crippen LogP contribution in [0.3, 0.4) is 0 Å². The third-order valence-corrected chi connectivity index (χ3v) is 3.88. The zero-order valence-corrected chi connectivity index (χ0v) is 12.4. The fraction of sp³-hybridized carbons (Fsp3) is 0.267. The van der Waals surface area contributed by atoms with E-state index in [1.807, 2.05) is 24.3 Å². The molecule has 0 unspecified atom stereocenters. The molecular formula is C15H15NO3S. The topological polar surface area (TPSA) is 56.3 Å². The van der Waals surface area contributed by atoms with Gasteiger partial charge in [0.25, 0.3) is 0 Å². The Bertz CT molecular complexity index is 617. The molecule has 1 heterocycles. The van der Waals surface area contributed by atoms with Gasteiger partial charge in [-0.05, 0) is 38.1 Å². The van der Waals surface area contributed by atoms with Gasteiger partial charge in [-0.15, -0.1) is 11.3 Å². The summed E-state index contributed by atoms with van der Waals surface area (Å²) in [5.74, 6) is -0.331. The van der Waals surface area contributed by atoms with Crippen LogP contribution in [0.1, 0.15) is 25.5 Å². The van der Waals surface area contributed by atoms with Crippen LogP contribution in [0.2, 0.25) is 0 Å². The van der Waals surface area contributed by atoms with E-state index in [-0.39, 0.29) is 11.6 Å². The Labute approximate surface area is 121 Å². The summed E-state index contributed by atoms with van der Waals surface area (Å²) in [4.78, 5) is 27.5.